The normalized spacial score (nSPS) is 15.2. The number of carbonyl (C=O) groups excluding carboxylic acids is 1. The van der Waals surface area contributed by atoms with Gasteiger partial charge in [0.25, 0.3) is 5.91 Å². The Morgan fingerprint density at radius 1 is 1.09 bits per heavy atom. The summed E-state index contributed by atoms with van der Waals surface area (Å²) in [4.78, 5) is 12.6. The van der Waals surface area contributed by atoms with Crippen molar-refractivity contribution >= 4 is 15.9 Å². The number of ether oxygens (including phenoxy) is 2. The molecular weight excluding hydrogens is 442 g/mol. The van der Waals surface area contributed by atoms with Gasteiger partial charge in [-0.25, -0.2) is 8.42 Å². The Morgan fingerprint density at radius 2 is 1.81 bits per heavy atom. The minimum Gasteiger partial charge on any atom is -0.495 e. The van der Waals surface area contributed by atoms with E-state index in [1.54, 1.807) is 12.1 Å². The van der Waals surface area contributed by atoms with E-state index in [1.807, 2.05) is 0 Å². The molecule has 2 aromatic carbocycles. The maximum Gasteiger partial charge on any atom is 0.387 e. The highest BCUT2D eigenvalue weighted by Gasteiger charge is 2.29. The van der Waals surface area contributed by atoms with Crippen molar-refractivity contribution in [1.29, 1.82) is 0 Å². The molecule has 0 aliphatic carbocycles. The van der Waals surface area contributed by atoms with Crippen molar-refractivity contribution in [3.05, 3.63) is 53.6 Å². The lowest BCUT2D eigenvalue weighted by Gasteiger charge is -2.21. The monoisotopic (exact) mass is 468 g/mol. The van der Waals surface area contributed by atoms with Crippen molar-refractivity contribution in [3.8, 4) is 11.5 Å². The number of hydrogen-bond donors (Lipinski definition) is 1. The van der Waals surface area contributed by atoms with E-state index in [0.29, 0.717) is 18.7 Å². The second-order valence-electron chi connectivity index (χ2n) is 7.39. The first kappa shape index (κ1) is 23.9. The molecule has 7 nitrogen and oxygen atoms in total. The van der Waals surface area contributed by atoms with Crippen LogP contribution in [-0.4, -0.2) is 45.4 Å². The molecule has 10 heteroatoms. The van der Waals surface area contributed by atoms with Crippen molar-refractivity contribution in [2.24, 2.45) is 0 Å². The molecule has 174 valence electrons. The third kappa shape index (κ3) is 5.95. The van der Waals surface area contributed by atoms with Crippen LogP contribution in [0.25, 0.3) is 0 Å². The van der Waals surface area contributed by atoms with Crippen LogP contribution in [0.1, 0.15) is 41.6 Å². The van der Waals surface area contributed by atoms with E-state index in [0.717, 1.165) is 25.7 Å². The van der Waals surface area contributed by atoms with Crippen LogP contribution in [0.5, 0.6) is 11.5 Å². The van der Waals surface area contributed by atoms with Gasteiger partial charge in [-0.2, -0.15) is 13.1 Å². The van der Waals surface area contributed by atoms with Crippen molar-refractivity contribution < 1.29 is 31.5 Å². The minimum atomic E-state index is -3.83. The zero-order valence-corrected chi connectivity index (χ0v) is 18.5. The minimum absolute atomic E-state index is 0.0120. The lowest BCUT2D eigenvalue weighted by atomic mass is 10.2. The molecule has 3 rings (SSSR count). The van der Waals surface area contributed by atoms with E-state index < -0.39 is 22.5 Å². The molecule has 0 saturated carbocycles. The highest BCUT2D eigenvalue weighted by Crippen LogP contribution is 2.29. The Bertz CT molecular complexity index is 1040. The van der Waals surface area contributed by atoms with Gasteiger partial charge >= 0.3 is 6.61 Å². The lowest BCUT2D eigenvalue weighted by molar-refractivity contribution is -0.0498. The van der Waals surface area contributed by atoms with Gasteiger partial charge in [0.15, 0.2) is 0 Å². The summed E-state index contributed by atoms with van der Waals surface area (Å²) in [6.07, 6.45) is 3.54. The molecule has 32 heavy (non-hydrogen) atoms. The van der Waals surface area contributed by atoms with Gasteiger partial charge in [0, 0.05) is 25.2 Å². The third-order valence-corrected chi connectivity index (χ3v) is 7.11. The van der Waals surface area contributed by atoms with Crippen LogP contribution in [0, 0.1) is 0 Å². The number of alkyl halides is 2. The average molecular weight is 469 g/mol. The molecule has 0 unspecified atom stereocenters. The number of amides is 1. The maximum atomic E-state index is 13.2. The summed E-state index contributed by atoms with van der Waals surface area (Å²) in [5.74, 6) is -0.343. The lowest BCUT2D eigenvalue weighted by Crippen LogP contribution is -2.32. The van der Waals surface area contributed by atoms with Gasteiger partial charge < -0.3 is 14.8 Å². The number of benzene rings is 2. The molecule has 1 N–H and O–H groups in total. The van der Waals surface area contributed by atoms with Gasteiger partial charge in [0.1, 0.15) is 16.4 Å². The Labute approximate surface area is 186 Å². The molecule has 0 radical (unpaired) electrons. The predicted molar refractivity (Wildman–Crippen MR) is 114 cm³/mol. The van der Waals surface area contributed by atoms with E-state index >= 15 is 0 Å². The summed E-state index contributed by atoms with van der Waals surface area (Å²) in [5.41, 5.74) is 0.710. The average Bonchev–Trinajstić information content (AvgIpc) is 3.07. The number of carbonyl (C=O) groups is 1. The van der Waals surface area contributed by atoms with E-state index in [9.17, 15) is 22.0 Å². The predicted octanol–water partition coefficient (Wildman–Crippen LogP) is 3.79. The smallest absolute Gasteiger partial charge is 0.387 e. The van der Waals surface area contributed by atoms with Crippen LogP contribution in [0.15, 0.2) is 47.4 Å². The number of hydrogen-bond acceptors (Lipinski definition) is 5. The molecule has 2 aromatic rings. The summed E-state index contributed by atoms with van der Waals surface area (Å²) in [5, 5.41) is 2.67. The fourth-order valence-electron chi connectivity index (χ4n) is 3.56. The zero-order valence-electron chi connectivity index (χ0n) is 17.7. The molecule has 1 aliphatic rings. The SMILES string of the molecule is COc1ccc(C(=O)NCc2cccc(OC(F)F)c2)cc1S(=O)(=O)N1CCCCCC1. The fraction of sp³-hybridized carbons (Fsp3) is 0.409. The van der Waals surface area contributed by atoms with Gasteiger partial charge in [0.2, 0.25) is 10.0 Å². The van der Waals surface area contributed by atoms with Gasteiger partial charge in [-0.15, -0.1) is 0 Å². The Balaban J connectivity index is 1.78. The summed E-state index contributed by atoms with van der Waals surface area (Å²) in [6, 6.07) is 10.2. The second kappa shape index (κ2) is 10.7. The highest BCUT2D eigenvalue weighted by molar-refractivity contribution is 7.89. The second-order valence-corrected chi connectivity index (χ2v) is 9.30. The third-order valence-electron chi connectivity index (χ3n) is 5.19. The van der Waals surface area contributed by atoms with Crippen LogP contribution in [-0.2, 0) is 16.6 Å². The van der Waals surface area contributed by atoms with Gasteiger partial charge in [-0.05, 0) is 48.7 Å². The van der Waals surface area contributed by atoms with E-state index in [1.165, 1.54) is 41.7 Å². The zero-order chi connectivity index (χ0) is 23.1. The van der Waals surface area contributed by atoms with Crippen molar-refractivity contribution in [1.82, 2.24) is 9.62 Å². The van der Waals surface area contributed by atoms with E-state index in [2.05, 4.69) is 10.1 Å². The number of nitrogens with one attached hydrogen (secondary N) is 1. The van der Waals surface area contributed by atoms with Crippen LogP contribution in [0.3, 0.4) is 0 Å². The van der Waals surface area contributed by atoms with Gasteiger partial charge in [0.05, 0.1) is 7.11 Å². The number of methoxy groups -OCH3 is 1. The standard InChI is InChI=1S/C22H26F2N2O5S/c1-30-19-10-9-17(14-20(19)32(28,29)26-11-4-2-3-5-12-26)21(27)25-15-16-7-6-8-18(13-16)31-22(23)24/h6-10,13-14,22H,2-5,11-12,15H2,1H3,(H,25,27). The molecule has 1 fully saturated rings. The number of halogens is 2. The molecule has 0 aromatic heterocycles. The van der Waals surface area contributed by atoms with Crippen LogP contribution >= 0.6 is 0 Å². The fourth-order valence-corrected chi connectivity index (χ4v) is 5.26. The number of sulfonamides is 1. The van der Waals surface area contributed by atoms with Crippen molar-refractivity contribution in [2.45, 2.75) is 43.7 Å². The Morgan fingerprint density at radius 3 is 2.47 bits per heavy atom. The maximum absolute atomic E-state index is 13.2. The topological polar surface area (TPSA) is 84.9 Å². The molecule has 1 heterocycles. The molecule has 0 bridgehead atoms. The molecular formula is C22H26F2N2O5S. The summed E-state index contributed by atoms with van der Waals surface area (Å²) >= 11 is 0. The van der Waals surface area contributed by atoms with Crippen molar-refractivity contribution in [3.63, 3.8) is 0 Å². The molecule has 1 amide bonds. The Hall–Kier alpha value is -2.72. The van der Waals surface area contributed by atoms with Crippen LogP contribution in [0.2, 0.25) is 0 Å². The largest absolute Gasteiger partial charge is 0.495 e. The highest BCUT2D eigenvalue weighted by atomic mass is 32.2. The molecule has 1 saturated heterocycles. The molecule has 0 atom stereocenters. The van der Waals surface area contributed by atoms with E-state index in [4.69, 9.17) is 4.74 Å². The van der Waals surface area contributed by atoms with Gasteiger partial charge in [-0.1, -0.05) is 25.0 Å². The van der Waals surface area contributed by atoms with Gasteiger partial charge in [-0.3, -0.25) is 4.79 Å². The van der Waals surface area contributed by atoms with Crippen molar-refractivity contribution in [2.75, 3.05) is 20.2 Å². The molecule has 0 spiro atoms. The number of rotatable bonds is 8. The summed E-state index contributed by atoms with van der Waals surface area (Å²) < 4.78 is 62.3. The summed E-state index contributed by atoms with van der Waals surface area (Å²) in [6.45, 7) is -2.03. The number of nitrogens with zero attached hydrogens (tertiary/aromatic N) is 1. The Kier molecular flexibility index (Phi) is 8.03. The first-order valence-electron chi connectivity index (χ1n) is 10.3. The first-order valence-corrected chi connectivity index (χ1v) is 11.8. The first-order chi connectivity index (χ1) is 15.3. The van der Waals surface area contributed by atoms with Crippen LogP contribution < -0.4 is 14.8 Å². The quantitative estimate of drug-likeness (QED) is 0.637. The van der Waals surface area contributed by atoms with E-state index in [-0.39, 0.29) is 28.5 Å². The van der Waals surface area contributed by atoms with Crippen LogP contribution in [0.4, 0.5) is 8.78 Å². The summed E-state index contributed by atoms with van der Waals surface area (Å²) in [7, 11) is -2.45. The molecule has 1 aliphatic heterocycles.